The lowest BCUT2D eigenvalue weighted by atomic mass is 10.3. The highest BCUT2D eigenvalue weighted by Gasteiger charge is 2.10. The molecule has 0 atom stereocenters. The van der Waals surface area contributed by atoms with Gasteiger partial charge in [-0.3, -0.25) is 9.59 Å². The lowest BCUT2D eigenvalue weighted by Crippen LogP contribution is -2.21. The van der Waals surface area contributed by atoms with E-state index < -0.39 is 11.9 Å². The number of nitrogens with one attached hydrogen (secondary N) is 1. The summed E-state index contributed by atoms with van der Waals surface area (Å²) in [5.74, 6) is -0.903. The van der Waals surface area contributed by atoms with E-state index in [4.69, 9.17) is 16.3 Å². The Kier molecular flexibility index (Phi) is 5.09. The number of thiophene rings is 1. The quantitative estimate of drug-likeness (QED) is 0.680. The molecule has 0 aromatic carbocycles. The van der Waals surface area contributed by atoms with Gasteiger partial charge in [-0.2, -0.15) is 0 Å². The first-order valence-electron chi connectivity index (χ1n) is 5.73. The monoisotopic (exact) mass is 310 g/mol. The van der Waals surface area contributed by atoms with Gasteiger partial charge in [0.05, 0.1) is 12.1 Å². The Morgan fingerprint density at radius 2 is 2.20 bits per heavy atom. The van der Waals surface area contributed by atoms with E-state index in [-0.39, 0.29) is 18.2 Å². The van der Waals surface area contributed by atoms with Gasteiger partial charge in [0.2, 0.25) is 0 Å². The molecule has 1 amide bonds. The van der Waals surface area contributed by atoms with Gasteiger partial charge in [-0.05, 0) is 23.6 Å². The number of rotatable bonds is 5. The molecular weight excluding hydrogens is 300 g/mol. The van der Waals surface area contributed by atoms with Gasteiger partial charge in [0.15, 0.2) is 11.8 Å². The summed E-state index contributed by atoms with van der Waals surface area (Å²) >= 11 is 7.26. The van der Waals surface area contributed by atoms with Crippen molar-refractivity contribution in [1.82, 2.24) is 4.98 Å². The standard InChI is InChI=1S/C13H11ClN2O3S/c14-13-10(4-1-5-15-13)16-11(17)8-19-12(18)7-9-3-2-6-20-9/h1-6H,7-8H2,(H,16,17). The Labute approximate surface area is 124 Å². The van der Waals surface area contributed by atoms with Crippen LogP contribution in [0.25, 0.3) is 0 Å². The number of hydrogen-bond donors (Lipinski definition) is 1. The van der Waals surface area contributed by atoms with Gasteiger partial charge >= 0.3 is 5.97 Å². The molecule has 0 aliphatic rings. The smallest absolute Gasteiger partial charge is 0.311 e. The molecule has 0 unspecified atom stereocenters. The summed E-state index contributed by atoms with van der Waals surface area (Å²) < 4.78 is 4.88. The number of carbonyl (C=O) groups excluding carboxylic acids is 2. The Balaban J connectivity index is 1.78. The molecule has 2 heterocycles. The van der Waals surface area contributed by atoms with Gasteiger partial charge in [-0.15, -0.1) is 11.3 Å². The van der Waals surface area contributed by atoms with Crippen LogP contribution < -0.4 is 5.32 Å². The lowest BCUT2D eigenvalue weighted by Gasteiger charge is -2.06. The van der Waals surface area contributed by atoms with E-state index in [1.807, 2.05) is 17.5 Å². The summed E-state index contributed by atoms with van der Waals surface area (Å²) in [7, 11) is 0. The first-order chi connectivity index (χ1) is 9.65. The van der Waals surface area contributed by atoms with E-state index in [1.165, 1.54) is 17.5 Å². The van der Waals surface area contributed by atoms with Crippen molar-refractivity contribution in [2.24, 2.45) is 0 Å². The summed E-state index contributed by atoms with van der Waals surface area (Å²) in [4.78, 5) is 27.8. The number of nitrogens with zero attached hydrogens (tertiary/aromatic N) is 1. The summed E-state index contributed by atoms with van der Waals surface area (Å²) in [6.07, 6.45) is 1.68. The third-order valence-electron chi connectivity index (χ3n) is 2.30. The molecule has 7 heteroatoms. The SMILES string of the molecule is O=C(COC(=O)Cc1cccs1)Nc1cccnc1Cl. The van der Waals surface area contributed by atoms with Gasteiger partial charge in [0.1, 0.15) is 0 Å². The number of aromatic nitrogens is 1. The van der Waals surface area contributed by atoms with E-state index in [0.717, 1.165) is 4.88 Å². The van der Waals surface area contributed by atoms with Crippen molar-refractivity contribution >= 4 is 40.5 Å². The summed E-state index contributed by atoms with van der Waals surface area (Å²) in [5.41, 5.74) is 0.383. The first-order valence-corrected chi connectivity index (χ1v) is 6.99. The van der Waals surface area contributed by atoms with Crippen LogP contribution in [0.3, 0.4) is 0 Å². The van der Waals surface area contributed by atoms with Crippen molar-refractivity contribution < 1.29 is 14.3 Å². The third kappa shape index (κ3) is 4.32. The number of amides is 1. The van der Waals surface area contributed by atoms with Gasteiger partial charge in [0.25, 0.3) is 5.91 Å². The second-order valence-corrected chi connectivity index (χ2v) is 5.20. The average molecular weight is 311 g/mol. The molecule has 5 nitrogen and oxygen atoms in total. The second-order valence-electron chi connectivity index (χ2n) is 3.81. The summed E-state index contributed by atoms with van der Waals surface area (Å²) in [6, 6.07) is 6.94. The molecule has 1 N–H and O–H groups in total. The van der Waals surface area contributed by atoms with E-state index in [0.29, 0.717) is 5.69 Å². The molecule has 2 aromatic rings. The highest BCUT2D eigenvalue weighted by atomic mass is 35.5. The maximum atomic E-state index is 11.6. The minimum Gasteiger partial charge on any atom is -0.455 e. The molecule has 0 saturated heterocycles. The summed E-state index contributed by atoms with van der Waals surface area (Å²) in [6.45, 7) is -0.352. The van der Waals surface area contributed by atoms with Crippen LogP contribution in [-0.2, 0) is 20.7 Å². The van der Waals surface area contributed by atoms with Crippen molar-refractivity contribution in [3.8, 4) is 0 Å². The molecule has 0 aliphatic heterocycles. The van der Waals surface area contributed by atoms with Crippen LogP contribution in [0.15, 0.2) is 35.8 Å². The molecule has 0 fully saturated rings. The molecule has 0 bridgehead atoms. The maximum Gasteiger partial charge on any atom is 0.311 e. The number of halogens is 1. The second kappa shape index (κ2) is 7.02. The van der Waals surface area contributed by atoms with E-state index >= 15 is 0 Å². The number of carbonyl (C=O) groups is 2. The highest BCUT2D eigenvalue weighted by molar-refractivity contribution is 7.10. The Bertz CT molecular complexity index is 601. The van der Waals surface area contributed by atoms with Gasteiger partial charge in [-0.25, -0.2) is 4.98 Å². The van der Waals surface area contributed by atoms with Crippen molar-refractivity contribution in [2.45, 2.75) is 6.42 Å². The summed E-state index contributed by atoms with van der Waals surface area (Å²) in [5, 5.41) is 4.58. The van der Waals surface area contributed by atoms with Crippen LogP contribution >= 0.6 is 22.9 Å². The maximum absolute atomic E-state index is 11.6. The zero-order valence-corrected chi connectivity index (χ0v) is 11.9. The number of hydrogen-bond acceptors (Lipinski definition) is 5. The molecule has 0 saturated carbocycles. The molecule has 104 valence electrons. The fraction of sp³-hybridized carbons (Fsp3) is 0.154. The zero-order valence-electron chi connectivity index (χ0n) is 10.3. The van der Waals surface area contributed by atoms with E-state index in [2.05, 4.69) is 10.3 Å². The number of pyridine rings is 1. The van der Waals surface area contributed by atoms with Gasteiger partial charge in [0, 0.05) is 11.1 Å². The van der Waals surface area contributed by atoms with Crippen molar-refractivity contribution in [1.29, 1.82) is 0 Å². The normalized spacial score (nSPS) is 10.1. The third-order valence-corrected chi connectivity index (χ3v) is 3.47. The molecular formula is C13H11ClN2O3S. The predicted octanol–water partition coefficient (Wildman–Crippen LogP) is 2.52. The van der Waals surface area contributed by atoms with Crippen LogP contribution in [0.1, 0.15) is 4.88 Å². The highest BCUT2D eigenvalue weighted by Crippen LogP contribution is 2.17. The predicted molar refractivity (Wildman–Crippen MR) is 76.9 cm³/mol. The first kappa shape index (κ1) is 14.5. The molecule has 0 spiro atoms. The lowest BCUT2D eigenvalue weighted by molar-refractivity contribution is -0.146. The molecule has 2 rings (SSSR count). The molecule has 20 heavy (non-hydrogen) atoms. The molecule has 0 radical (unpaired) electrons. The van der Waals surface area contributed by atoms with Crippen LogP contribution in [0.5, 0.6) is 0 Å². The zero-order chi connectivity index (χ0) is 14.4. The van der Waals surface area contributed by atoms with Crippen molar-refractivity contribution in [3.05, 3.63) is 45.9 Å². The van der Waals surface area contributed by atoms with Crippen molar-refractivity contribution in [2.75, 3.05) is 11.9 Å². The van der Waals surface area contributed by atoms with Gasteiger partial charge in [-0.1, -0.05) is 17.7 Å². The van der Waals surface area contributed by atoms with E-state index in [1.54, 1.807) is 12.1 Å². The topological polar surface area (TPSA) is 68.3 Å². The van der Waals surface area contributed by atoms with E-state index in [9.17, 15) is 9.59 Å². The number of anilines is 1. The van der Waals surface area contributed by atoms with Crippen LogP contribution in [-0.4, -0.2) is 23.5 Å². The largest absolute Gasteiger partial charge is 0.455 e. The molecule has 0 aliphatic carbocycles. The number of esters is 1. The van der Waals surface area contributed by atoms with Crippen LogP contribution in [0.4, 0.5) is 5.69 Å². The van der Waals surface area contributed by atoms with Crippen LogP contribution in [0.2, 0.25) is 5.15 Å². The minimum atomic E-state index is -0.459. The Morgan fingerprint density at radius 1 is 1.35 bits per heavy atom. The van der Waals surface area contributed by atoms with Gasteiger partial charge < -0.3 is 10.1 Å². The average Bonchev–Trinajstić information content (AvgIpc) is 2.92. The fourth-order valence-electron chi connectivity index (χ4n) is 1.42. The Hall–Kier alpha value is -1.92. The minimum absolute atomic E-state index is 0.165. The fourth-order valence-corrected chi connectivity index (χ4v) is 2.27. The number of ether oxygens (including phenoxy) is 1. The molecule has 2 aromatic heterocycles. The van der Waals surface area contributed by atoms with Crippen LogP contribution in [0, 0.1) is 0 Å². The van der Waals surface area contributed by atoms with Crippen molar-refractivity contribution in [3.63, 3.8) is 0 Å². The Morgan fingerprint density at radius 3 is 2.90 bits per heavy atom.